The quantitative estimate of drug-likeness (QED) is 0.914. The summed E-state index contributed by atoms with van der Waals surface area (Å²) in [6, 6.07) is 6.06. The van der Waals surface area contributed by atoms with Gasteiger partial charge in [0.2, 0.25) is 0 Å². The van der Waals surface area contributed by atoms with E-state index in [4.69, 9.17) is 5.73 Å². The molecule has 1 aliphatic carbocycles. The van der Waals surface area contributed by atoms with Gasteiger partial charge >= 0.3 is 0 Å². The second kappa shape index (κ2) is 6.45. The summed E-state index contributed by atoms with van der Waals surface area (Å²) in [6.07, 6.45) is 7.89. The Morgan fingerprint density at radius 3 is 2.71 bits per heavy atom. The fourth-order valence-electron chi connectivity index (χ4n) is 4.41. The zero-order valence-electron chi connectivity index (χ0n) is 13.0. The molecule has 3 heteroatoms. The van der Waals surface area contributed by atoms with Crippen molar-refractivity contribution in [2.45, 2.75) is 57.5 Å². The molecule has 2 N–H and O–H groups in total. The van der Waals surface area contributed by atoms with Gasteiger partial charge in [-0.3, -0.25) is 4.90 Å². The smallest absolute Gasteiger partial charge is 0.128 e. The summed E-state index contributed by atoms with van der Waals surface area (Å²) in [5.74, 6) is 0.697. The van der Waals surface area contributed by atoms with Gasteiger partial charge in [0.05, 0.1) is 6.04 Å². The van der Waals surface area contributed by atoms with E-state index >= 15 is 0 Å². The first-order valence-corrected chi connectivity index (χ1v) is 8.42. The van der Waals surface area contributed by atoms with E-state index in [1.807, 2.05) is 19.1 Å². The summed E-state index contributed by atoms with van der Waals surface area (Å²) in [7, 11) is 0. The number of halogens is 1. The van der Waals surface area contributed by atoms with Crippen molar-refractivity contribution in [1.29, 1.82) is 0 Å². The van der Waals surface area contributed by atoms with Gasteiger partial charge in [0.25, 0.3) is 0 Å². The molecule has 2 nitrogen and oxygen atoms in total. The summed E-state index contributed by atoms with van der Waals surface area (Å²) in [6.45, 7) is 3.59. The molecule has 1 saturated carbocycles. The van der Waals surface area contributed by atoms with E-state index in [9.17, 15) is 4.39 Å². The Labute approximate surface area is 127 Å². The molecule has 116 valence electrons. The maximum atomic E-state index is 14.3. The second-order valence-corrected chi connectivity index (χ2v) is 6.77. The lowest BCUT2D eigenvalue weighted by Crippen LogP contribution is -2.41. The molecule has 1 aliphatic heterocycles. The predicted molar refractivity (Wildman–Crippen MR) is 84.6 cm³/mol. The van der Waals surface area contributed by atoms with Gasteiger partial charge in [-0.2, -0.15) is 0 Å². The van der Waals surface area contributed by atoms with E-state index in [0.717, 1.165) is 23.6 Å². The highest BCUT2D eigenvalue weighted by molar-refractivity contribution is 5.27. The average molecular weight is 290 g/mol. The number of rotatable bonds is 4. The third-order valence-corrected chi connectivity index (χ3v) is 5.42. The molecule has 1 heterocycles. The van der Waals surface area contributed by atoms with Crippen LogP contribution >= 0.6 is 0 Å². The number of hydrogen-bond acceptors (Lipinski definition) is 2. The van der Waals surface area contributed by atoms with Crippen molar-refractivity contribution in [3.8, 4) is 0 Å². The number of nitrogens with zero attached hydrogens (tertiary/aromatic N) is 1. The van der Waals surface area contributed by atoms with Crippen LogP contribution in [0.3, 0.4) is 0 Å². The van der Waals surface area contributed by atoms with Crippen LogP contribution < -0.4 is 5.73 Å². The van der Waals surface area contributed by atoms with Crippen molar-refractivity contribution >= 4 is 0 Å². The maximum absolute atomic E-state index is 14.3. The highest BCUT2D eigenvalue weighted by Crippen LogP contribution is 2.39. The van der Waals surface area contributed by atoms with Crippen LogP contribution in [0.25, 0.3) is 0 Å². The summed E-state index contributed by atoms with van der Waals surface area (Å²) in [4.78, 5) is 2.51. The zero-order chi connectivity index (χ0) is 14.8. The summed E-state index contributed by atoms with van der Waals surface area (Å²) in [5, 5.41) is 0. The largest absolute Gasteiger partial charge is 0.329 e. The van der Waals surface area contributed by atoms with Crippen molar-refractivity contribution in [3.05, 3.63) is 35.1 Å². The average Bonchev–Trinajstić information content (AvgIpc) is 3.14. The van der Waals surface area contributed by atoms with Crippen LogP contribution in [0.4, 0.5) is 4.39 Å². The molecular weight excluding hydrogens is 263 g/mol. The molecule has 2 aliphatic rings. The van der Waals surface area contributed by atoms with Crippen molar-refractivity contribution in [2.75, 3.05) is 13.1 Å². The van der Waals surface area contributed by atoms with Crippen LogP contribution in [0.15, 0.2) is 18.2 Å². The third-order valence-electron chi connectivity index (χ3n) is 5.42. The molecule has 1 aromatic carbocycles. The molecular formula is C18H27FN2. The van der Waals surface area contributed by atoms with E-state index in [-0.39, 0.29) is 11.9 Å². The van der Waals surface area contributed by atoms with Crippen molar-refractivity contribution in [1.82, 2.24) is 4.90 Å². The Morgan fingerprint density at radius 1 is 1.24 bits per heavy atom. The lowest BCUT2D eigenvalue weighted by atomic mass is 9.93. The Balaban J connectivity index is 1.86. The van der Waals surface area contributed by atoms with Crippen LogP contribution in [0, 0.1) is 18.7 Å². The first-order chi connectivity index (χ1) is 10.2. The second-order valence-electron chi connectivity index (χ2n) is 6.77. The van der Waals surface area contributed by atoms with Crippen LogP contribution in [-0.4, -0.2) is 24.0 Å². The van der Waals surface area contributed by atoms with Crippen LogP contribution in [0.5, 0.6) is 0 Å². The van der Waals surface area contributed by atoms with E-state index < -0.39 is 0 Å². The summed E-state index contributed by atoms with van der Waals surface area (Å²) in [5.41, 5.74) is 7.96. The lowest BCUT2D eigenvalue weighted by molar-refractivity contribution is 0.136. The van der Waals surface area contributed by atoms with Crippen molar-refractivity contribution in [2.24, 2.45) is 11.7 Å². The first kappa shape index (κ1) is 15.0. The first-order valence-electron chi connectivity index (χ1n) is 8.42. The van der Waals surface area contributed by atoms with E-state index in [2.05, 4.69) is 4.90 Å². The fourth-order valence-corrected chi connectivity index (χ4v) is 4.41. The van der Waals surface area contributed by atoms with Gasteiger partial charge in [-0.25, -0.2) is 4.39 Å². The van der Waals surface area contributed by atoms with Crippen LogP contribution in [-0.2, 0) is 0 Å². The van der Waals surface area contributed by atoms with Gasteiger partial charge in [0.15, 0.2) is 0 Å². The van der Waals surface area contributed by atoms with E-state index in [0.29, 0.717) is 12.6 Å². The molecule has 3 rings (SSSR count). The Hall–Kier alpha value is -0.930. The Morgan fingerprint density at radius 2 is 2.00 bits per heavy atom. The molecule has 1 saturated heterocycles. The van der Waals surface area contributed by atoms with Gasteiger partial charge < -0.3 is 5.73 Å². The molecule has 2 fully saturated rings. The minimum atomic E-state index is -0.104. The summed E-state index contributed by atoms with van der Waals surface area (Å²) >= 11 is 0. The maximum Gasteiger partial charge on any atom is 0.128 e. The van der Waals surface area contributed by atoms with Gasteiger partial charge in [-0.15, -0.1) is 0 Å². The number of hydrogen-bond donors (Lipinski definition) is 1. The van der Waals surface area contributed by atoms with Crippen molar-refractivity contribution in [3.63, 3.8) is 0 Å². The highest BCUT2D eigenvalue weighted by atomic mass is 19.1. The topological polar surface area (TPSA) is 29.3 Å². The summed E-state index contributed by atoms with van der Waals surface area (Å²) < 4.78 is 14.3. The molecule has 0 aromatic heterocycles. The third kappa shape index (κ3) is 3.00. The van der Waals surface area contributed by atoms with E-state index in [1.54, 1.807) is 6.07 Å². The van der Waals surface area contributed by atoms with Gasteiger partial charge in [-0.05, 0) is 51.1 Å². The van der Waals surface area contributed by atoms with E-state index in [1.165, 1.54) is 38.5 Å². The standard InChI is InChI=1S/C18H27FN2/c1-13-8-9-16(19)15(11-13)18(12-20)21-10-4-7-17(21)14-5-2-3-6-14/h8-9,11,14,17-18H,2-7,10,12,20H2,1H3. The van der Waals surface area contributed by atoms with Gasteiger partial charge in [0.1, 0.15) is 5.82 Å². The molecule has 0 radical (unpaired) electrons. The minimum absolute atomic E-state index is 0.0398. The molecule has 0 bridgehead atoms. The molecule has 2 unspecified atom stereocenters. The molecule has 1 aromatic rings. The zero-order valence-corrected chi connectivity index (χ0v) is 13.0. The number of likely N-dealkylation sites (tertiary alicyclic amines) is 1. The monoisotopic (exact) mass is 290 g/mol. The molecule has 0 spiro atoms. The number of nitrogens with two attached hydrogens (primary N) is 1. The van der Waals surface area contributed by atoms with Crippen LogP contribution in [0.2, 0.25) is 0 Å². The number of benzene rings is 1. The highest BCUT2D eigenvalue weighted by Gasteiger charge is 2.37. The van der Waals surface area contributed by atoms with Crippen molar-refractivity contribution < 1.29 is 4.39 Å². The predicted octanol–water partition coefficient (Wildman–Crippen LogP) is 3.79. The molecule has 21 heavy (non-hydrogen) atoms. The Bertz CT molecular complexity index is 482. The normalized spacial score (nSPS) is 25.6. The Kier molecular flexibility index (Phi) is 4.60. The molecule has 0 amide bonds. The minimum Gasteiger partial charge on any atom is -0.329 e. The van der Waals surface area contributed by atoms with Gasteiger partial charge in [0, 0.05) is 18.2 Å². The lowest BCUT2D eigenvalue weighted by Gasteiger charge is -2.36. The SMILES string of the molecule is Cc1ccc(F)c(C(CN)N2CCCC2C2CCCC2)c1. The van der Waals surface area contributed by atoms with Crippen LogP contribution in [0.1, 0.15) is 55.7 Å². The molecule has 2 atom stereocenters. The number of aryl methyl sites for hydroxylation is 1. The van der Waals surface area contributed by atoms with Gasteiger partial charge in [-0.1, -0.05) is 30.5 Å². The fraction of sp³-hybridized carbons (Fsp3) is 0.667.